The number of likely N-dealkylation sites (tertiary alicyclic amines) is 1. The number of nitrogens with one attached hydrogen (secondary N) is 1. The normalized spacial score (nSPS) is 29.2. The maximum absolute atomic E-state index is 3.74. The summed E-state index contributed by atoms with van der Waals surface area (Å²) in [7, 11) is 0. The highest BCUT2D eigenvalue weighted by Gasteiger charge is 2.23. The van der Waals surface area contributed by atoms with E-state index >= 15 is 0 Å². The van der Waals surface area contributed by atoms with Crippen LogP contribution in [0.25, 0.3) is 0 Å². The summed E-state index contributed by atoms with van der Waals surface area (Å²) in [6.07, 6.45) is 7.25. The molecular formula is C14H28N2. The van der Waals surface area contributed by atoms with Gasteiger partial charge in [0.05, 0.1) is 0 Å². The Morgan fingerprint density at radius 1 is 1.25 bits per heavy atom. The van der Waals surface area contributed by atoms with Gasteiger partial charge in [-0.2, -0.15) is 0 Å². The molecule has 1 saturated heterocycles. The molecule has 16 heavy (non-hydrogen) atoms. The molecule has 0 radical (unpaired) electrons. The van der Waals surface area contributed by atoms with Gasteiger partial charge in [-0.1, -0.05) is 26.2 Å². The molecule has 94 valence electrons. The molecule has 0 aromatic rings. The third kappa shape index (κ3) is 3.46. The van der Waals surface area contributed by atoms with Crippen molar-refractivity contribution in [2.75, 3.05) is 26.2 Å². The average molecular weight is 224 g/mol. The molecule has 0 aromatic carbocycles. The fourth-order valence-corrected chi connectivity index (χ4v) is 3.05. The summed E-state index contributed by atoms with van der Waals surface area (Å²) in [6.45, 7) is 9.75. The number of nitrogens with zero attached hydrogens (tertiary/aromatic N) is 1. The van der Waals surface area contributed by atoms with Crippen molar-refractivity contribution in [1.29, 1.82) is 0 Å². The molecule has 1 heterocycles. The Hall–Kier alpha value is -0.0800. The summed E-state index contributed by atoms with van der Waals surface area (Å²) < 4.78 is 0. The zero-order valence-electron chi connectivity index (χ0n) is 11.0. The Bertz CT molecular complexity index is 201. The van der Waals surface area contributed by atoms with Crippen molar-refractivity contribution in [3.8, 4) is 0 Å². The first-order valence-electron chi connectivity index (χ1n) is 7.23. The fraction of sp³-hybridized carbons (Fsp3) is 1.00. The Morgan fingerprint density at radius 2 is 2.06 bits per heavy atom. The van der Waals surface area contributed by atoms with Crippen LogP contribution < -0.4 is 5.32 Å². The SMILES string of the molecule is CCN1CCC(CNC(C)CC2CCC2)C1. The van der Waals surface area contributed by atoms with Gasteiger partial charge in [-0.15, -0.1) is 0 Å². The molecule has 1 N–H and O–H groups in total. The number of hydrogen-bond acceptors (Lipinski definition) is 2. The summed E-state index contributed by atoms with van der Waals surface area (Å²) in [5.41, 5.74) is 0. The first kappa shape index (κ1) is 12.4. The lowest BCUT2D eigenvalue weighted by Crippen LogP contribution is -2.34. The molecule has 0 bridgehead atoms. The van der Waals surface area contributed by atoms with E-state index in [1.165, 1.54) is 58.3 Å². The van der Waals surface area contributed by atoms with E-state index < -0.39 is 0 Å². The minimum Gasteiger partial charge on any atom is -0.314 e. The van der Waals surface area contributed by atoms with Crippen molar-refractivity contribution in [2.24, 2.45) is 11.8 Å². The molecule has 1 aliphatic heterocycles. The minimum absolute atomic E-state index is 0.737. The van der Waals surface area contributed by atoms with Crippen LogP contribution in [0.2, 0.25) is 0 Å². The van der Waals surface area contributed by atoms with Gasteiger partial charge in [0.15, 0.2) is 0 Å². The predicted octanol–water partition coefficient (Wildman–Crippen LogP) is 2.50. The van der Waals surface area contributed by atoms with Crippen molar-refractivity contribution in [3.63, 3.8) is 0 Å². The lowest BCUT2D eigenvalue weighted by atomic mass is 9.81. The van der Waals surface area contributed by atoms with Gasteiger partial charge >= 0.3 is 0 Å². The molecule has 2 atom stereocenters. The Balaban J connectivity index is 1.56. The van der Waals surface area contributed by atoms with Crippen molar-refractivity contribution < 1.29 is 0 Å². The fourth-order valence-electron chi connectivity index (χ4n) is 3.05. The molecule has 0 amide bonds. The van der Waals surface area contributed by atoms with Gasteiger partial charge < -0.3 is 10.2 Å². The number of rotatable bonds is 6. The van der Waals surface area contributed by atoms with Crippen LogP contribution >= 0.6 is 0 Å². The Labute approximate surface area is 101 Å². The van der Waals surface area contributed by atoms with E-state index in [4.69, 9.17) is 0 Å². The molecule has 2 aliphatic rings. The van der Waals surface area contributed by atoms with Gasteiger partial charge in [0.25, 0.3) is 0 Å². The molecule has 2 fully saturated rings. The van der Waals surface area contributed by atoms with E-state index in [9.17, 15) is 0 Å². The summed E-state index contributed by atoms with van der Waals surface area (Å²) in [6, 6.07) is 0.737. The second-order valence-corrected chi connectivity index (χ2v) is 5.89. The monoisotopic (exact) mass is 224 g/mol. The van der Waals surface area contributed by atoms with Crippen LogP contribution in [-0.4, -0.2) is 37.1 Å². The van der Waals surface area contributed by atoms with Gasteiger partial charge in [0, 0.05) is 12.6 Å². The average Bonchev–Trinajstić information content (AvgIpc) is 2.68. The molecule has 1 saturated carbocycles. The van der Waals surface area contributed by atoms with E-state index in [1.807, 2.05) is 0 Å². The highest BCUT2D eigenvalue weighted by Crippen LogP contribution is 2.30. The van der Waals surface area contributed by atoms with Gasteiger partial charge in [0.1, 0.15) is 0 Å². The predicted molar refractivity (Wildman–Crippen MR) is 69.6 cm³/mol. The Kier molecular flexibility index (Phi) is 4.66. The first-order chi connectivity index (χ1) is 7.78. The zero-order valence-corrected chi connectivity index (χ0v) is 11.0. The van der Waals surface area contributed by atoms with Crippen LogP contribution in [0.1, 0.15) is 46.0 Å². The topological polar surface area (TPSA) is 15.3 Å². The van der Waals surface area contributed by atoms with Gasteiger partial charge in [-0.25, -0.2) is 0 Å². The molecule has 2 heteroatoms. The van der Waals surface area contributed by atoms with Gasteiger partial charge in [0.2, 0.25) is 0 Å². The highest BCUT2D eigenvalue weighted by atomic mass is 15.1. The van der Waals surface area contributed by atoms with Crippen molar-refractivity contribution in [3.05, 3.63) is 0 Å². The summed E-state index contributed by atoms with van der Waals surface area (Å²) in [5.74, 6) is 1.95. The first-order valence-corrected chi connectivity index (χ1v) is 7.23. The van der Waals surface area contributed by atoms with Crippen molar-refractivity contribution >= 4 is 0 Å². The van der Waals surface area contributed by atoms with Crippen molar-refractivity contribution in [1.82, 2.24) is 10.2 Å². The smallest absolute Gasteiger partial charge is 0.00414 e. The summed E-state index contributed by atoms with van der Waals surface area (Å²) in [5, 5.41) is 3.74. The second-order valence-electron chi connectivity index (χ2n) is 5.89. The third-order valence-corrected chi connectivity index (χ3v) is 4.48. The van der Waals surface area contributed by atoms with Crippen LogP contribution in [0.15, 0.2) is 0 Å². The summed E-state index contributed by atoms with van der Waals surface area (Å²) in [4.78, 5) is 2.57. The molecule has 2 rings (SSSR count). The quantitative estimate of drug-likeness (QED) is 0.746. The Morgan fingerprint density at radius 3 is 2.62 bits per heavy atom. The van der Waals surface area contributed by atoms with E-state index in [0.29, 0.717) is 0 Å². The maximum atomic E-state index is 3.74. The summed E-state index contributed by atoms with van der Waals surface area (Å²) >= 11 is 0. The van der Waals surface area contributed by atoms with Crippen LogP contribution in [0.3, 0.4) is 0 Å². The van der Waals surface area contributed by atoms with E-state index in [2.05, 4.69) is 24.1 Å². The van der Waals surface area contributed by atoms with E-state index in [-0.39, 0.29) is 0 Å². The van der Waals surface area contributed by atoms with Crippen molar-refractivity contribution in [2.45, 2.75) is 52.0 Å². The zero-order chi connectivity index (χ0) is 11.4. The molecule has 0 aromatic heterocycles. The molecular weight excluding hydrogens is 196 g/mol. The van der Waals surface area contributed by atoms with Crippen LogP contribution in [-0.2, 0) is 0 Å². The van der Waals surface area contributed by atoms with Gasteiger partial charge in [-0.3, -0.25) is 0 Å². The highest BCUT2D eigenvalue weighted by molar-refractivity contribution is 4.79. The molecule has 0 spiro atoms. The van der Waals surface area contributed by atoms with Crippen LogP contribution in [0.4, 0.5) is 0 Å². The molecule has 2 unspecified atom stereocenters. The van der Waals surface area contributed by atoms with Crippen LogP contribution in [0, 0.1) is 11.8 Å². The van der Waals surface area contributed by atoms with Gasteiger partial charge in [-0.05, 0) is 51.2 Å². The second kappa shape index (κ2) is 6.02. The lowest BCUT2D eigenvalue weighted by Gasteiger charge is -2.29. The standard InChI is InChI=1S/C14H28N2/c1-3-16-8-7-14(11-16)10-15-12(2)9-13-5-4-6-13/h12-15H,3-11H2,1-2H3. The largest absolute Gasteiger partial charge is 0.314 e. The third-order valence-electron chi connectivity index (χ3n) is 4.48. The van der Waals surface area contributed by atoms with Crippen LogP contribution in [0.5, 0.6) is 0 Å². The number of hydrogen-bond donors (Lipinski definition) is 1. The lowest BCUT2D eigenvalue weighted by molar-refractivity contribution is 0.260. The van der Waals surface area contributed by atoms with E-state index in [0.717, 1.165) is 17.9 Å². The minimum atomic E-state index is 0.737. The van der Waals surface area contributed by atoms with E-state index in [1.54, 1.807) is 0 Å². The molecule has 2 nitrogen and oxygen atoms in total. The molecule has 1 aliphatic carbocycles. The maximum Gasteiger partial charge on any atom is 0.00414 e.